The Hall–Kier alpha value is -1.30. The molecule has 0 aliphatic carbocycles. The number of ether oxygens (including phenoxy) is 1. The fourth-order valence-corrected chi connectivity index (χ4v) is 1.23. The number of hydroxylamine groups is 2. The highest BCUT2D eigenvalue weighted by atomic mass is 16.7. The van der Waals surface area contributed by atoms with Gasteiger partial charge in [-0.1, -0.05) is 20.8 Å². The molecule has 0 aromatic carbocycles. The van der Waals surface area contributed by atoms with E-state index in [0.29, 0.717) is 6.42 Å². The molecule has 0 rings (SSSR count). The van der Waals surface area contributed by atoms with E-state index >= 15 is 0 Å². The Kier molecular flexibility index (Phi) is 5.95. The summed E-state index contributed by atoms with van der Waals surface area (Å²) in [6.45, 7) is 6.12. The highest BCUT2D eigenvalue weighted by Crippen LogP contribution is 2.23. The minimum Gasteiger partial charge on any atom is -0.436 e. The maximum absolute atomic E-state index is 11.8. The maximum Gasteiger partial charge on any atom is 0.405 e. The van der Waals surface area contributed by atoms with Gasteiger partial charge in [-0.15, -0.1) is 0 Å². The van der Waals surface area contributed by atoms with Gasteiger partial charge in [-0.2, -0.15) is 0 Å². The molecule has 0 aromatic rings. The number of hydrogen-bond acceptors (Lipinski definition) is 4. The molecule has 0 heterocycles. The lowest BCUT2D eigenvalue weighted by Gasteiger charge is -2.24. The van der Waals surface area contributed by atoms with Gasteiger partial charge in [-0.3, -0.25) is 9.63 Å². The van der Waals surface area contributed by atoms with Crippen molar-refractivity contribution in [3.63, 3.8) is 0 Å². The zero-order valence-corrected chi connectivity index (χ0v) is 11.1. The van der Waals surface area contributed by atoms with E-state index in [1.54, 1.807) is 0 Å². The SMILES string of the molecule is CON(C)C(=O)[C@H](CCC(C)(C)C)OC(N)=O. The summed E-state index contributed by atoms with van der Waals surface area (Å²) in [5, 5.41) is 1.02. The quantitative estimate of drug-likeness (QED) is 0.741. The van der Waals surface area contributed by atoms with Crippen LogP contribution in [0.25, 0.3) is 0 Å². The molecule has 6 nitrogen and oxygen atoms in total. The lowest BCUT2D eigenvalue weighted by Crippen LogP contribution is -2.40. The van der Waals surface area contributed by atoms with Gasteiger partial charge in [0.1, 0.15) is 0 Å². The van der Waals surface area contributed by atoms with Gasteiger partial charge in [-0.25, -0.2) is 9.86 Å². The van der Waals surface area contributed by atoms with E-state index in [-0.39, 0.29) is 5.41 Å². The lowest BCUT2D eigenvalue weighted by atomic mass is 9.89. The van der Waals surface area contributed by atoms with Gasteiger partial charge >= 0.3 is 6.09 Å². The second-order valence-corrected chi connectivity index (χ2v) is 5.04. The molecule has 0 aromatic heterocycles. The van der Waals surface area contributed by atoms with E-state index in [4.69, 9.17) is 15.3 Å². The normalized spacial score (nSPS) is 13.0. The van der Waals surface area contributed by atoms with Crippen molar-refractivity contribution >= 4 is 12.0 Å². The largest absolute Gasteiger partial charge is 0.436 e. The molecular weight excluding hydrogens is 224 g/mol. The first kappa shape index (κ1) is 15.7. The summed E-state index contributed by atoms with van der Waals surface area (Å²) >= 11 is 0. The summed E-state index contributed by atoms with van der Waals surface area (Å²) in [6, 6.07) is 0. The Bertz CT molecular complexity index is 273. The molecule has 0 bridgehead atoms. The van der Waals surface area contributed by atoms with Crippen molar-refractivity contribution in [1.82, 2.24) is 5.06 Å². The number of nitrogens with two attached hydrogens (primary N) is 1. The number of nitrogens with zero attached hydrogens (tertiary/aromatic N) is 1. The van der Waals surface area contributed by atoms with E-state index in [0.717, 1.165) is 11.5 Å². The molecule has 0 saturated carbocycles. The van der Waals surface area contributed by atoms with Crippen LogP contribution in [-0.2, 0) is 14.4 Å². The molecule has 0 radical (unpaired) electrons. The minimum absolute atomic E-state index is 0.0468. The number of carbonyl (C=O) groups is 2. The van der Waals surface area contributed by atoms with Crippen molar-refractivity contribution in [3.8, 4) is 0 Å². The summed E-state index contributed by atoms with van der Waals surface area (Å²) in [5.74, 6) is -0.421. The van der Waals surface area contributed by atoms with Gasteiger partial charge in [0, 0.05) is 7.05 Å². The van der Waals surface area contributed by atoms with Crippen LogP contribution >= 0.6 is 0 Å². The summed E-state index contributed by atoms with van der Waals surface area (Å²) in [7, 11) is 2.82. The van der Waals surface area contributed by atoms with Crippen LogP contribution in [-0.4, -0.2) is 37.3 Å². The Labute approximate surface area is 102 Å². The zero-order valence-electron chi connectivity index (χ0n) is 11.1. The van der Waals surface area contributed by atoms with Crippen molar-refractivity contribution in [2.45, 2.75) is 39.7 Å². The van der Waals surface area contributed by atoms with Crippen molar-refractivity contribution in [3.05, 3.63) is 0 Å². The number of primary amides is 1. The second-order valence-electron chi connectivity index (χ2n) is 5.04. The molecule has 100 valence electrons. The third kappa shape index (κ3) is 6.78. The van der Waals surface area contributed by atoms with Crippen LogP contribution in [0.15, 0.2) is 0 Å². The zero-order chi connectivity index (χ0) is 13.6. The Morgan fingerprint density at radius 2 is 1.88 bits per heavy atom. The molecule has 0 aliphatic heterocycles. The first-order valence-electron chi connectivity index (χ1n) is 5.45. The molecular formula is C11H22N2O4. The van der Waals surface area contributed by atoms with Crippen LogP contribution in [0.3, 0.4) is 0 Å². The lowest BCUT2D eigenvalue weighted by molar-refractivity contribution is -0.178. The van der Waals surface area contributed by atoms with Crippen LogP contribution in [0.4, 0.5) is 4.79 Å². The minimum atomic E-state index is -0.957. The number of hydrogen-bond donors (Lipinski definition) is 1. The monoisotopic (exact) mass is 246 g/mol. The van der Waals surface area contributed by atoms with Crippen molar-refractivity contribution in [2.24, 2.45) is 11.1 Å². The average Bonchev–Trinajstić information content (AvgIpc) is 2.20. The predicted molar refractivity (Wildman–Crippen MR) is 62.9 cm³/mol. The third-order valence-corrected chi connectivity index (χ3v) is 2.27. The number of carbonyl (C=O) groups excluding carboxylic acids is 2. The first-order chi connectivity index (χ1) is 7.67. The van der Waals surface area contributed by atoms with Crippen molar-refractivity contribution in [1.29, 1.82) is 0 Å². The summed E-state index contributed by atoms with van der Waals surface area (Å²) < 4.78 is 4.80. The van der Waals surface area contributed by atoms with Gasteiger partial charge in [0.2, 0.25) is 0 Å². The van der Waals surface area contributed by atoms with Crippen LogP contribution in [0.2, 0.25) is 0 Å². The molecule has 0 unspecified atom stereocenters. The Morgan fingerprint density at radius 1 is 1.35 bits per heavy atom. The standard InChI is InChI=1S/C11H22N2O4/c1-11(2,3)7-6-8(17-10(12)15)9(14)13(4)16-5/h8H,6-7H2,1-5H3,(H2,12,15)/t8-/m0/s1. The predicted octanol–water partition coefficient (Wildman–Crippen LogP) is 1.30. The smallest absolute Gasteiger partial charge is 0.405 e. The van der Waals surface area contributed by atoms with Crippen molar-refractivity contribution < 1.29 is 19.2 Å². The molecule has 0 spiro atoms. The highest BCUT2D eigenvalue weighted by Gasteiger charge is 2.27. The molecule has 0 saturated heterocycles. The van der Waals surface area contributed by atoms with E-state index in [1.807, 2.05) is 20.8 Å². The van der Waals surface area contributed by atoms with E-state index < -0.39 is 18.1 Å². The fraction of sp³-hybridized carbons (Fsp3) is 0.818. The van der Waals surface area contributed by atoms with Gasteiger partial charge in [0.05, 0.1) is 7.11 Å². The topological polar surface area (TPSA) is 81.9 Å². The van der Waals surface area contributed by atoms with Gasteiger partial charge in [-0.05, 0) is 18.3 Å². The van der Waals surface area contributed by atoms with Crippen LogP contribution in [0.1, 0.15) is 33.6 Å². The Morgan fingerprint density at radius 3 is 2.24 bits per heavy atom. The summed E-state index contributed by atoms with van der Waals surface area (Å²) in [5.41, 5.74) is 4.99. The summed E-state index contributed by atoms with van der Waals surface area (Å²) in [4.78, 5) is 27.3. The number of amides is 2. The van der Waals surface area contributed by atoms with Crippen molar-refractivity contribution in [2.75, 3.05) is 14.2 Å². The van der Waals surface area contributed by atoms with Gasteiger partial charge in [0.25, 0.3) is 5.91 Å². The van der Waals surface area contributed by atoms with E-state index in [2.05, 4.69) is 0 Å². The fourth-order valence-electron chi connectivity index (χ4n) is 1.23. The highest BCUT2D eigenvalue weighted by molar-refractivity contribution is 5.82. The molecule has 17 heavy (non-hydrogen) atoms. The molecule has 0 aliphatic rings. The Balaban J connectivity index is 4.53. The molecule has 6 heteroatoms. The number of likely N-dealkylation sites (N-methyl/N-ethyl adjacent to an activating group) is 1. The van der Waals surface area contributed by atoms with Gasteiger partial charge < -0.3 is 10.5 Å². The van der Waals surface area contributed by atoms with Crippen LogP contribution < -0.4 is 5.73 Å². The van der Waals surface area contributed by atoms with E-state index in [9.17, 15) is 9.59 Å². The van der Waals surface area contributed by atoms with Gasteiger partial charge in [0.15, 0.2) is 6.10 Å². The maximum atomic E-state index is 11.8. The van der Waals surface area contributed by atoms with Crippen LogP contribution in [0.5, 0.6) is 0 Å². The molecule has 0 fully saturated rings. The molecule has 1 atom stereocenters. The molecule has 2 N–H and O–H groups in total. The molecule has 2 amide bonds. The first-order valence-corrected chi connectivity index (χ1v) is 5.45. The third-order valence-electron chi connectivity index (χ3n) is 2.27. The average molecular weight is 246 g/mol. The summed E-state index contributed by atoms with van der Waals surface area (Å²) in [6.07, 6.45) is -0.703. The second kappa shape index (κ2) is 6.44. The van der Waals surface area contributed by atoms with Crippen LogP contribution in [0, 0.1) is 5.41 Å². The number of rotatable bonds is 5. The van der Waals surface area contributed by atoms with E-state index in [1.165, 1.54) is 14.2 Å².